The second-order valence-electron chi connectivity index (χ2n) is 10.2. The Morgan fingerprint density at radius 3 is 2.59 bits per heavy atom. The number of benzene rings is 1. The highest BCUT2D eigenvalue weighted by Crippen LogP contribution is 2.31. The van der Waals surface area contributed by atoms with E-state index >= 15 is 0 Å². The number of pyridine rings is 1. The molecule has 6 rings (SSSR count). The molecule has 0 saturated carbocycles. The summed E-state index contributed by atoms with van der Waals surface area (Å²) in [6.45, 7) is 5.51. The van der Waals surface area contributed by atoms with Crippen molar-refractivity contribution in [2.45, 2.75) is 38.6 Å². The van der Waals surface area contributed by atoms with E-state index in [-0.39, 0.29) is 23.4 Å². The second kappa shape index (κ2) is 10.6. The van der Waals surface area contributed by atoms with Crippen molar-refractivity contribution >= 4 is 51.5 Å². The number of aromatic amines is 2. The monoisotopic (exact) mass is 564 g/mol. The van der Waals surface area contributed by atoms with E-state index in [4.69, 9.17) is 11.6 Å². The van der Waals surface area contributed by atoms with Crippen LogP contribution in [0, 0.1) is 0 Å². The van der Waals surface area contributed by atoms with Crippen LogP contribution >= 0.6 is 22.9 Å². The molecule has 1 fully saturated rings. The first kappa shape index (κ1) is 25.8. The third-order valence-corrected chi connectivity index (χ3v) is 8.62. The Hall–Kier alpha value is -3.47. The van der Waals surface area contributed by atoms with Gasteiger partial charge >= 0.3 is 0 Å². The van der Waals surface area contributed by atoms with E-state index in [0.29, 0.717) is 45.8 Å². The highest BCUT2D eigenvalue weighted by atomic mass is 35.5. The summed E-state index contributed by atoms with van der Waals surface area (Å²) in [6.07, 6.45) is 5.52. The first-order valence-corrected chi connectivity index (χ1v) is 14.4. The summed E-state index contributed by atoms with van der Waals surface area (Å²) in [5.74, 6) is -0.200. The molecule has 0 bridgehead atoms. The molecule has 2 aliphatic rings. The van der Waals surface area contributed by atoms with Crippen LogP contribution in [-0.4, -0.2) is 68.8 Å². The van der Waals surface area contributed by atoms with Gasteiger partial charge in [-0.3, -0.25) is 19.3 Å². The average molecular weight is 565 g/mol. The highest BCUT2D eigenvalue weighted by Gasteiger charge is 2.36. The van der Waals surface area contributed by atoms with E-state index < -0.39 is 0 Å². The Bertz CT molecular complexity index is 1570. The molecule has 1 atom stereocenters. The molecule has 0 aliphatic carbocycles. The van der Waals surface area contributed by atoms with Gasteiger partial charge in [0.2, 0.25) is 0 Å². The third-order valence-electron chi connectivity index (χ3n) is 7.36. The van der Waals surface area contributed by atoms with Crippen LogP contribution in [0.15, 0.2) is 41.3 Å². The van der Waals surface area contributed by atoms with Crippen molar-refractivity contribution in [2.24, 2.45) is 0 Å². The summed E-state index contributed by atoms with van der Waals surface area (Å²) in [5.41, 5.74) is 2.55. The van der Waals surface area contributed by atoms with Gasteiger partial charge in [-0.05, 0) is 76.2 Å². The number of H-pyrrole nitrogens is 2. The van der Waals surface area contributed by atoms with Crippen LogP contribution in [-0.2, 0) is 6.42 Å². The normalized spacial score (nSPS) is 16.4. The summed E-state index contributed by atoms with van der Waals surface area (Å²) < 4.78 is 0.741. The zero-order valence-corrected chi connectivity index (χ0v) is 23.1. The minimum atomic E-state index is -0.297. The summed E-state index contributed by atoms with van der Waals surface area (Å²) in [7, 11) is 0. The molecule has 0 radical (unpaired) electrons. The fourth-order valence-electron chi connectivity index (χ4n) is 5.49. The quantitative estimate of drug-likeness (QED) is 0.253. The van der Waals surface area contributed by atoms with Crippen molar-refractivity contribution in [3.8, 4) is 11.4 Å². The Balaban J connectivity index is 1.23. The molecule has 0 spiro atoms. The Morgan fingerprint density at radius 1 is 1.08 bits per heavy atom. The molecular formula is C28H29ClN6O3S. The molecule has 1 saturated heterocycles. The zero-order chi connectivity index (χ0) is 27.1. The van der Waals surface area contributed by atoms with E-state index in [9.17, 15) is 14.4 Å². The maximum atomic E-state index is 13.1. The molecule has 2 aliphatic heterocycles. The molecule has 5 heterocycles. The number of amides is 2. The Kier molecular flexibility index (Phi) is 7.01. The van der Waals surface area contributed by atoms with E-state index in [1.54, 1.807) is 24.4 Å². The average Bonchev–Trinajstić information content (AvgIpc) is 3.69. The van der Waals surface area contributed by atoms with Gasteiger partial charge in [0.25, 0.3) is 17.4 Å². The number of rotatable bonds is 9. The van der Waals surface area contributed by atoms with Crippen LogP contribution in [0.25, 0.3) is 22.4 Å². The number of imide groups is 1. The standard InChI is InChI=1S/C28H29ClN6O3S/c1-16(13-17-5-6-23(29)39-17)31-20-7-8-30-26(36)24(20)25-32-21-14-18-19(15-22(21)33-25)28(38)35(27(18)37)12-4-11-34-9-2-3-10-34/h5-8,14-16H,2-4,9-13H2,1H3,(H,32,33)(H2,30,31,36). The molecule has 11 heteroatoms. The summed E-state index contributed by atoms with van der Waals surface area (Å²) >= 11 is 7.60. The SMILES string of the molecule is CC(Cc1ccc(Cl)s1)Nc1cc[nH]c(=O)c1-c1nc2cc3c(cc2[nH]1)C(=O)N(CCCN1CCCC1)C3=O. The zero-order valence-electron chi connectivity index (χ0n) is 21.6. The minimum Gasteiger partial charge on any atom is -0.381 e. The molecule has 1 unspecified atom stereocenters. The number of fused-ring (bicyclic) bond motifs is 2. The molecule has 2 amide bonds. The largest absolute Gasteiger partial charge is 0.381 e. The first-order chi connectivity index (χ1) is 18.9. The summed E-state index contributed by atoms with van der Waals surface area (Å²) in [5, 5.41) is 3.42. The number of hydrogen-bond acceptors (Lipinski definition) is 7. The van der Waals surface area contributed by atoms with Crippen LogP contribution in [0.2, 0.25) is 4.34 Å². The molecule has 1 aromatic carbocycles. The first-order valence-electron chi connectivity index (χ1n) is 13.2. The predicted molar refractivity (Wildman–Crippen MR) is 154 cm³/mol. The number of carbonyl (C=O) groups excluding carboxylic acids is 2. The highest BCUT2D eigenvalue weighted by molar-refractivity contribution is 7.16. The molecule has 3 aromatic heterocycles. The van der Waals surface area contributed by atoms with Crippen molar-refractivity contribution < 1.29 is 9.59 Å². The topological polar surface area (TPSA) is 114 Å². The number of likely N-dealkylation sites (tertiary alicyclic amines) is 1. The third kappa shape index (κ3) is 5.11. The van der Waals surface area contributed by atoms with Gasteiger partial charge in [-0.1, -0.05) is 11.6 Å². The Morgan fingerprint density at radius 2 is 1.85 bits per heavy atom. The van der Waals surface area contributed by atoms with Crippen LogP contribution in [0.4, 0.5) is 5.69 Å². The Labute approximate surface area is 234 Å². The van der Waals surface area contributed by atoms with E-state index in [1.165, 1.54) is 29.1 Å². The number of nitrogens with zero attached hydrogens (tertiary/aromatic N) is 3. The van der Waals surface area contributed by atoms with E-state index in [0.717, 1.165) is 41.7 Å². The van der Waals surface area contributed by atoms with Gasteiger partial charge in [0.1, 0.15) is 11.4 Å². The lowest BCUT2D eigenvalue weighted by Gasteiger charge is -2.17. The van der Waals surface area contributed by atoms with Gasteiger partial charge in [-0.25, -0.2) is 4.98 Å². The van der Waals surface area contributed by atoms with Gasteiger partial charge in [0.05, 0.1) is 32.2 Å². The number of imidazole rings is 1. The number of anilines is 1. The molecule has 202 valence electrons. The number of halogens is 1. The van der Waals surface area contributed by atoms with Crippen molar-refractivity contribution in [3.63, 3.8) is 0 Å². The molecule has 3 N–H and O–H groups in total. The summed E-state index contributed by atoms with van der Waals surface area (Å²) in [6, 6.07) is 9.03. The van der Waals surface area contributed by atoms with Gasteiger partial charge in [-0.2, -0.15) is 0 Å². The fraction of sp³-hybridized carbons (Fsp3) is 0.357. The number of aromatic nitrogens is 3. The fourth-order valence-corrected chi connectivity index (χ4v) is 6.70. The lowest BCUT2D eigenvalue weighted by Crippen LogP contribution is -2.33. The van der Waals surface area contributed by atoms with Crippen molar-refractivity contribution in [3.05, 3.63) is 67.2 Å². The lowest BCUT2D eigenvalue weighted by molar-refractivity contribution is 0.0648. The van der Waals surface area contributed by atoms with Gasteiger partial charge in [0, 0.05) is 30.1 Å². The smallest absolute Gasteiger partial charge is 0.261 e. The van der Waals surface area contributed by atoms with Crippen molar-refractivity contribution in [1.82, 2.24) is 24.8 Å². The number of thiophene rings is 1. The van der Waals surface area contributed by atoms with Gasteiger partial charge in [-0.15, -0.1) is 11.3 Å². The second-order valence-corrected chi connectivity index (χ2v) is 12.0. The molecule has 39 heavy (non-hydrogen) atoms. The lowest BCUT2D eigenvalue weighted by atomic mass is 10.1. The maximum Gasteiger partial charge on any atom is 0.261 e. The van der Waals surface area contributed by atoms with Crippen LogP contribution in [0.5, 0.6) is 0 Å². The van der Waals surface area contributed by atoms with Crippen molar-refractivity contribution in [2.75, 3.05) is 31.5 Å². The van der Waals surface area contributed by atoms with Crippen molar-refractivity contribution in [1.29, 1.82) is 0 Å². The number of hydrogen-bond donors (Lipinski definition) is 3. The predicted octanol–water partition coefficient (Wildman–Crippen LogP) is 4.76. The van der Waals surface area contributed by atoms with Crippen LogP contribution in [0.3, 0.4) is 0 Å². The molecular weight excluding hydrogens is 536 g/mol. The summed E-state index contributed by atoms with van der Waals surface area (Å²) in [4.78, 5) is 54.6. The number of nitrogens with one attached hydrogen (secondary N) is 3. The maximum absolute atomic E-state index is 13.1. The minimum absolute atomic E-state index is 0.0279. The van der Waals surface area contributed by atoms with Gasteiger partial charge < -0.3 is 20.2 Å². The molecule has 9 nitrogen and oxygen atoms in total. The van der Waals surface area contributed by atoms with Crippen LogP contribution < -0.4 is 10.9 Å². The molecule has 4 aromatic rings. The van der Waals surface area contributed by atoms with Crippen LogP contribution in [0.1, 0.15) is 51.8 Å². The van der Waals surface area contributed by atoms with E-state index in [2.05, 4.69) is 25.2 Å². The van der Waals surface area contributed by atoms with Gasteiger partial charge in [0.15, 0.2) is 0 Å². The number of carbonyl (C=O) groups is 2. The van der Waals surface area contributed by atoms with E-state index in [1.807, 2.05) is 19.1 Å².